The van der Waals surface area contributed by atoms with Crippen molar-refractivity contribution in [2.24, 2.45) is 0 Å². The van der Waals surface area contributed by atoms with E-state index in [2.05, 4.69) is 0 Å². The van der Waals surface area contributed by atoms with Crippen LogP contribution >= 0.6 is 0 Å². The van der Waals surface area contributed by atoms with E-state index in [1.807, 2.05) is 0 Å². The zero-order valence-electron chi connectivity index (χ0n) is 11.3. The van der Waals surface area contributed by atoms with Crippen molar-refractivity contribution in [1.29, 1.82) is 0 Å². The predicted molar refractivity (Wildman–Crippen MR) is 71.1 cm³/mol. The second-order valence-corrected chi connectivity index (χ2v) is 5.79. The lowest BCUT2D eigenvalue weighted by atomic mass is 9.94. The van der Waals surface area contributed by atoms with Gasteiger partial charge in [0.25, 0.3) is 0 Å². The van der Waals surface area contributed by atoms with Gasteiger partial charge in [0.1, 0.15) is 11.9 Å². The van der Waals surface area contributed by atoms with Gasteiger partial charge >= 0.3 is 5.97 Å². The van der Waals surface area contributed by atoms with Crippen LogP contribution in [0.2, 0.25) is 0 Å². The molecule has 1 unspecified atom stereocenters. The van der Waals surface area contributed by atoms with E-state index >= 15 is 0 Å². The van der Waals surface area contributed by atoms with Gasteiger partial charge in [-0.3, -0.25) is 4.79 Å². The molecule has 2 atom stereocenters. The van der Waals surface area contributed by atoms with Gasteiger partial charge in [0.15, 0.2) is 0 Å². The third-order valence-corrected chi connectivity index (χ3v) is 4.38. The number of aliphatic carboxylic acids is 1. The average molecular weight is 293 g/mol. The van der Waals surface area contributed by atoms with Gasteiger partial charge in [-0.05, 0) is 30.5 Å². The van der Waals surface area contributed by atoms with Crippen LogP contribution in [0.15, 0.2) is 24.3 Å². The topological polar surface area (TPSA) is 77.8 Å². The monoisotopic (exact) mass is 293 g/mol. The largest absolute Gasteiger partial charge is 0.480 e. The average Bonchev–Trinajstić information content (AvgIpc) is 3.15. The smallest absolute Gasteiger partial charge is 0.326 e. The van der Waals surface area contributed by atoms with E-state index in [1.54, 1.807) is 12.1 Å². The van der Waals surface area contributed by atoms with Crippen LogP contribution in [0, 0.1) is 5.82 Å². The molecule has 0 bridgehead atoms. The van der Waals surface area contributed by atoms with Gasteiger partial charge in [-0.1, -0.05) is 12.1 Å². The van der Waals surface area contributed by atoms with Crippen LogP contribution in [-0.2, 0) is 15.0 Å². The zero-order valence-corrected chi connectivity index (χ0v) is 11.3. The molecular formula is C15H16FNO4. The van der Waals surface area contributed by atoms with Gasteiger partial charge in [0, 0.05) is 13.0 Å². The number of likely N-dealkylation sites (tertiary alicyclic amines) is 1. The minimum Gasteiger partial charge on any atom is -0.480 e. The van der Waals surface area contributed by atoms with Gasteiger partial charge in [0.05, 0.1) is 11.5 Å². The second kappa shape index (κ2) is 4.80. The maximum atomic E-state index is 13.0. The Morgan fingerprint density at radius 1 is 1.24 bits per heavy atom. The highest BCUT2D eigenvalue weighted by molar-refractivity contribution is 5.94. The minimum absolute atomic E-state index is 0.0404. The summed E-state index contributed by atoms with van der Waals surface area (Å²) >= 11 is 0. The van der Waals surface area contributed by atoms with Gasteiger partial charge in [-0.25, -0.2) is 9.18 Å². The normalized spacial score (nSPS) is 26.7. The SMILES string of the molecule is O=C(O)[C@@H]1CC(O)CN1C(=O)C1(c2ccc(F)cc2)CC1. The third kappa shape index (κ3) is 2.29. The Morgan fingerprint density at radius 3 is 2.38 bits per heavy atom. The number of benzene rings is 1. The van der Waals surface area contributed by atoms with Gasteiger partial charge in [-0.2, -0.15) is 0 Å². The van der Waals surface area contributed by atoms with Crippen molar-refractivity contribution in [3.05, 3.63) is 35.6 Å². The van der Waals surface area contributed by atoms with Crippen molar-refractivity contribution in [3.63, 3.8) is 0 Å². The predicted octanol–water partition coefficient (Wildman–Crippen LogP) is 0.904. The highest BCUT2D eigenvalue weighted by Gasteiger charge is 2.56. The van der Waals surface area contributed by atoms with Crippen LogP contribution in [0.25, 0.3) is 0 Å². The van der Waals surface area contributed by atoms with Gasteiger partial charge in [-0.15, -0.1) is 0 Å². The number of carboxylic acid groups (broad SMARTS) is 1. The number of hydrogen-bond acceptors (Lipinski definition) is 3. The molecule has 1 saturated heterocycles. The molecule has 0 radical (unpaired) electrons. The van der Waals surface area contributed by atoms with Crippen LogP contribution in [0.4, 0.5) is 4.39 Å². The number of halogens is 1. The van der Waals surface area contributed by atoms with Crippen molar-refractivity contribution < 1.29 is 24.2 Å². The van der Waals surface area contributed by atoms with Crippen LogP contribution in [0.3, 0.4) is 0 Å². The molecule has 2 fully saturated rings. The quantitative estimate of drug-likeness (QED) is 0.868. The van der Waals surface area contributed by atoms with E-state index in [0.29, 0.717) is 18.4 Å². The summed E-state index contributed by atoms with van der Waals surface area (Å²) in [7, 11) is 0. The Hall–Kier alpha value is -1.95. The van der Waals surface area contributed by atoms with Crippen molar-refractivity contribution in [2.75, 3.05) is 6.54 Å². The standard InChI is InChI=1S/C15H16FNO4/c16-10-3-1-9(2-4-10)15(5-6-15)14(21)17-8-11(18)7-12(17)13(19)20/h1-4,11-12,18H,5-8H2,(H,19,20)/t11?,12-/m0/s1. The molecule has 1 aliphatic carbocycles. The molecule has 112 valence electrons. The Morgan fingerprint density at radius 2 is 1.86 bits per heavy atom. The first-order valence-corrected chi connectivity index (χ1v) is 6.92. The Labute approximate surface area is 121 Å². The van der Waals surface area contributed by atoms with E-state index in [9.17, 15) is 24.2 Å². The fraction of sp³-hybridized carbons (Fsp3) is 0.467. The van der Waals surface area contributed by atoms with Crippen LogP contribution in [-0.4, -0.2) is 45.7 Å². The summed E-state index contributed by atoms with van der Waals surface area (Å²) in [5.41, 5.74) is -0.0368. The van der Waals surface area contributed by atoms with E-state index in [4.69, 9.17) is 0 Å². The number of aliphatic hydroxyl groups is 1. The fourth-order valence-corrected chi connectivity index (χ4v) is 3.07. The molecule has 2 aliphatic rings. The summed E-state index contributed by atoms with van der Waals surface area (Å²) in [4.78, 5) is 25.2. The molecule has 6 heteroatoms. The first-order chi connectivity index (χ1) is 9.94. The van der Waals surface area contributed by atoms with Crippen LogP contribution in [0.5, 0.6) is 0 Å². The third-order valence-electron chi connectivity index (χ3n) is 4.38. The molecule has 3 rings (SSSR count). The molecular weight excluding hydrogens is 277 g/mol. The van der Waals surface area contributed by atoms with Crippen molar-refractivity contribution in [1.82, 2.24) is 4.90 Å². The van der Waals surface area contributed by atoms with E-state index in [0.717, 1.165) is 0 Å². The Balaban J connectivity index is 1.87. The molecule has 1 saturated carbocycles. The lowest BCUT2D eigenvalue weighted by Gasteiger charge is -2.26. The van der Waals surface area contributed by atoms with Gasteiger partial charge in [0.2, 0.25) is 5.91 Å². The summed E-state index contributed by atoms with van der Waals surface area (Å²) in [5, 5.41) is 18.8. The number of carbonyl (C=O) groups is 2. The minimum atomic E-state index is -1.10. The molecule has 21 heavy (non-hydrogen) atoms. The molecule has 0 spiro atoms. The molecule has 2 N–H and O–H groups in total. The van der Waals surface area contributed by atoms with E-state index in [-0.39, 0.29) is 24.7 Å². The summed E-state index contributed by atoms with van der Waals surface area (Å²) in [6.45, 7) is 0.0404. The number of carboxylic acids is 1. The van der Waals surface area contributed by atoms with E-state index in [1.165, 1.54) is 17.0 Å². The van der Waals surface area contributed by atoms with Crippen LogP contribution < -0.4 is 0 Å². The first-order valence-electron chi connectivity index (χ1n) is 6.92. The summed E-state index contributed by atoms with van der Waals surface area (Å²) in [6.07, 6.45) is 0.493. The molecule has 1 amide bonds. The lowest BCUT2D eigenvalue weighted by Crippen LogP contribution is -2.45. The lowest BCUT2D eigenvalue weighted by molar-refractivity contribution is -0.149. The van der Waals surface area contributed by atoms with Crippen LogP contribution in [0.1, 0.15) is 24.8 Å². The van der Waals surface area contributed by atoms with Crippen molar-refractivity contribution >= 4 is 11.9 Å². The fourth-order valence-electron chi connectivity index (χ4n) is 3.07. The number of nitrogens with zero attached hydrogens (tertiary/aromatic N) is 1. The number of amides is 1. The highest BCUT2D eigenvalue weighted by Crippen LogP contribution is 2.50. The maximum Gasteiger partial charge on any atom is 0.326 e. The highest BCUT2D eigenvalue weighted by atomic mass is 19.1. The number of hydrogen-bond donors (Lipinski definition) is 2. The zero-order chi connectivity index (χ0) is 15.2. The molecule has 0 aromatic heterocycles. The maximum absolute atomic E-state index is 13.0. The Kier molecular flexibility index (Phi) is 3.20. The summed E-state index contributed by atoms with van der Waals surface area (Å²) in [6, 6.07) is 4.77. The number of β-amino-alcohol motifs (C(OH)–C–C–N with tert-alkyl or cyclic N) is 1. The number of rotatable bonds is 3. The molecule has 5 nitrogen and oxygen atoms in total. The Bertz CT molecular complexity index is 582. The van der Waals surface area contributed by atoms with Crippen molar-refractivity contribution in [2.45, 2.75) is 36.8 Å². The summed E-state index contributed by atoms with van der Waals surface area (Å²) < 4.78 is 13.0. The van der Waals surface area contributed by atoms with E-state index < -0.39 is 23.5 Å². The van der Waals surface area contributed by atoms with Gasteiger partial charge < -0.3 is 15.1 Å². The number of carbonyl (C=O) groups excluding carboxylic acids is 1. The molecule has 1 aromatic carbocycles. The molecule has 1 aliphatic heterocycles. The first kappa shape index (κ1) is 14.0. The number of aliphatic hydroxyl groups excluding tert-OH is 1. The second-order valence-electron chi connectivity index (χ2n) is 5.79. The summed E-state index contributed by atoms with van der Waals surface area (Å²) in [5.74, 6) is -1.75. The molecule has 1 heterocycles. The molecule has 1 aromatic rings. The van der Waals surface area contributed by atoms with Crippen molar-refractivity contribution in [3.8, 4) is 0 Å².